The molecule has 2 heterocycles. The van der Waals surface area contributed by atoms with E-state index in [1.165, 1.54) is 24.4 Å². The van der Waals surface area contributed by atoms with Crippen molar-refractivity contribution >= 4 is 26.4 Å². The highest BCUT2D eigenvalue weighted by molar-refractivity contribution is 7.91. The van der Waals surface area contributed by atoms with Crippen molar-refractivity contribution in [3.63, 3.8) is 0 Å². The zero-order valence-electron chi connectivity index (χ0n) is 15.7. The van der Waals surface area contributed by atoms with Crippen molar-refractivity contribution in [3.05, 3.63) is 60.0 Å². The maximum atomic E-state index is 13.7. The molecule has 1 saturated heterocycles. The molecule has 152 valence electrons. The smallest absolute Gasteiger partial charge is 0.210 e. The van der Waals surface area contributed by atoms with Gasteiger partial charge in [-0.1, -0.05) is 6.92 Å². The molecule has 1 fully saturated rings. The summed E-state index contributed by atoms with van der Waals surface area (Å²) in [6, 6.07) is 6.50. The molecule has 1 aliphatic rings. The van der Waals surface area contributed by atoms with Gasteiger partial charge < -0.3 is 4.90 Å². The first-order chi connectivity index (χ1) is 13.8. The SMILES string of the molecule is CC1CCN(c2c(S(=O)(=O)c3ccc(F)c(F)c3)cnc3cc(F)ccc23)CC1. The van der Waals surface area contributed by atoms with Crippen LogP contribution in [0.5, 0.6) is 0 Å². The average molecular weight is 420 g/mol. The van der Waals surface area contributed by atoms with Gasteiger partial charge >= 0.3 is 0 Å². The van der Waals surface area contributed by atoms with Gasteiger partial charge in [0.05, 0.1) is 16.1 Å². The van der Waals surface area contributed by atoms with Gasteiger partial charge in [-0.2, -0.15) is 0 Å². The number of aromatic nitrogens is 1. The summed E-state index contributed by atoms with van der Waals surface area (Å²) in [5.74, 6) is -2.32. The Morgan fingerprint density at radius 3 is 2.41 bits per heavy atom. The second-order valence-corrected chi connectivity index (χ2v) is 9.30. The third kappa shape index (κ3) is 3.57. The lowest BCUT2D eigenvalue weighted by molar-refractivity contribution is 0.437. The van der Waals surface area contributed by atoms with Crippen LogP contribution in [0.25, 0.3) is 10.9 Å². The van der Waals surface area contributed by atoms with Crippen molar-refractivity contribution in [2.24, 2.45) is 5.92 Å². The van der Waals surface area contributed by atoms with Crippen molar-refractivity contribution in [2.45, 2.75) is 29.6 Å². The van der Waals surface area contributed by atoms with Crippen LogP contribution in [0.2, 0.25) is 0 Å². The first-order valence-corrected chi connectivity index (χ1v) is 10.8. The minimum Gasteiger partial charge on any atom is -0.370 e. The summed E-state index contributed by atoms with van der Waals surface area (Å²) in [5.41, 5.74) is 0.759. The largest absolute Gasteiger partial charge is 0.370 e. The lowest BCUT2D eigenvalue weighted by Crippen LogP contribution is -2.34. The van der Waals surface area contributed by atoms with Crippen molar-refractivity contribution in [1.29, 1.82) is 0 Å². The van der Waals surface area contributed by atoms with E-state index >= 15 is 0 Å². The van der Waals surface area contributed by atoms with E-state index in [1.807, 2.05) is 4.90 Å². The molecule has 8 heteroatoms. The number of hydrogen-bond donors (Lipinski definition) is 0. The Morgan fingerprint density at radius 1 is 1.00 bits per heavy atom. The van der Waals surface area contributed by atoms with Crippen LogP contribution in [-0.4, -0.2) is 26.5 Å². The highest BCUT2D eigenvalue weighted by Gasteiger charge is 2.29. The van der Waals surface area contributed by atoms with Crippen molar-refractivity contribution in [3.8, 4) is 0 Å². The van der Waals surface area contributed by atoms with Crippen molar-refractivity contribution in [2.75, 3.05) is 18.0 Å². The van der Waals surface area contributed by atoms with Gasteiger partial charge in [-0.25, -0.2) is 21.6 Å². The van der Waals surface area contributed by atoms with E-state index in [2.05, 4.69) is 11.9 Å². The number of anilines is 1. The molecule has 0 spiro atoms. The van der Waals surface area contributed by atoms with Crippen LogP contribution in [0.15, 0.2) is 52.4 Å². The normalized spacial score (nSPS) is 15.8. The van der Waals surface area contributed by atoms with Crippen molar-refractivity contribution in [1.82, 2.24) is 4.98 Å². The van der Waals surface area contributed by atoms with E-state index in [0.29, 0.717) is 41.7 Å². The van der Waals surface area contributed by atoms with Gasteiger partial charge in [0.25, 0.3) is 0 Å². The van der Waals surface area contributed by atoms with Crippen LogP contribution in [0.4, 0.5) is 18.9 Å². The first-order valence-electron chi connectivity index (χ1n) is 9.30. The standard InChI is InChI=1S/C21H19F3N2O2S/c1-13-6-8-26(9-7-13)21-16-4-2-14(22)10-19(16)25-12-20(21)29(27,28)15-3-5-17(23)18(24)11-15/h2-5,10-13H,6-9H2,1H3. The molecule has 0 bridgehead atoms. The molecule has 0 saturated carbocycles. The predicted molar refractivity (Wildman–Crippen MR) is 104 cm³/mol. The fraction of sp³-hybridized carbons (Fsp3) is 0.286. The van der Waals surface area contributed by atoms with Crippen LogP contribution < -0.4 is 4.90 Å². The fourth-order valence-corrected chi connectivity index (χ4v) is 5.10. The molecule has 29 heavy (non-hydrogen) atoms. The van der Waals surface area contributed by atoms with Crippen LogP contribution in [0, 0.1) is 23.4 Å². The van der Waals surface area contributed by atoms with Crippen LogP contribution in [-0.2, 0) is 9.84 Å². The van der Waals surface area contributed by atoms with Gasteiger partial charge in [0.2, 0.25) is 9.84 Å². The van der Waals surface area contributed by atoms with E-state index < -0.39 is 27.3 Å². The summed E-state index contributed by atoms with van der Waals surface area (Å²) in [6.45, 7) is 3.41. The van der Waals surface area contributed by atoms with Gasteiger partial charge in [0, 0.05) is 30.7 Å². The Hall–Kier alpha value is -2.61. The Morgan fingerprint density at radius 2 is 1.72 bits per heavy atom. The van der Waals surface area contributed by atoms with Gasteiger partial charge in [-0.3, -0.25) is 4.98 Å². The predicted octanol–water partition coefficient (Wildman–Crippen LogP) is 4.72. The zero-order valence-corrected chi connectivity index (χ0v) is 16.5. The summed E-state index contributed by atoms with van der Waals surface area (Å²) < 4.78 is 67.3. The molecule has 0 N–H and O–H groups in total. The maximum absolute atomic E-state index is 13.7. The minimum absolute atomic E-state index is 0.0998. The highest BCUT2D eigenvalue weighted by Crippen LogP contribution is 2.38. The number of pyridine rings is 1. The molecule has 0 aliphatic carbocycles. The molecular formula is C21H19F3N2O2S. The molecule has 3 aromatic rings. The molecule has 4 nitrogen and oxygen atoms in total. The Bertz CT molecular complexity index is 1190. The number of benzene rings is 2. The molecule has 2 aromatic carbocycles. The summed E-state index contributed by atoms with van der Waals surface area (Å²) in [7, 11) is -4.18. The summed E-state index contributed by atoms with van der Waals surface area (Å²) in [4.78, 5) is 5.63. The monoisotopic (exact) mass is 420 g/mol. The number of halogens is 3. The number of fused-ring (bicyclic) bond motifs is 1. The van der Waals surface area contributed by atoms with Crippen LogP contribution in [0.1, 0.15) is 19.8 Å². The Balaban J connectivity index is 1.94. The maximum Gasteiger partial charge on any atom is 0.210 e. The number of hydrogen-bond acceptors (Lipinski definition) is 4. The third-order valence-corrected chi connectivity index (χ3v) is 7.11. The van der Waals surface area contributed by atoms with E-state index in [0.717, 1.165) is 25.0 Å². The van der Waals surface area contributed by atoms with Gasteiger partial charge in [0.1, 0.15) is 10.7 Å². The second kappa shape index (κ2) is 7.33. The minimum atomic E-state index is -4.18. The third-order valence-electron chi connectivity index (χ3n) is 5.36. The van der Waals surface area contributed by atoms with E-state index in [1.54, 1.807) is 0 Å². The van der Waals surface area contributed by atoms with Gasteiger partial charge in [-0.15, -0.1) is 0 Å². The molecule has 1 aromatic heterocycles. The molecule has 0 amide bonds. The zero-order chi connectivity index (χ0) is 20.8. The quantitative estimate of drug-likeness (QED) is 0.576. The van der Waals surface area contributed by atoms with Crippen molar-refractivity contribution < 1.29 is 21.6 Å². The van der Waals surface area contributed by atoms with E-state index in [-0.39, 0.29) is 9.79 Å². The van der Waals surface area contributed by atoms with E-state index in [9.17, 15) is 21.6 Å². The number of sulfone groups is 1. The molecule has 1 aliphatic heterocycles. The topological polar surface area (TPSA) is 50.3 Å². The summed E-state index contributed by atoms with van der Waals surface area (Å²) >= 11 is 0. The molecule has 0 atom stereocenters. The summed E-state index contributed by atoms with van der Waals surface area (Å²) in [6.07, 6.45) is 2.94. The number of rotatable bonds is 3. The fourth-order valence-electron chi connectivity index (χ4n) is 3.66. The molecular weight excluding hydrogens is 401 g/mol. The van der Waals surface area contributed by atoms with Gasteiger partial charge in [-0.05, 0) is 49.1 Å². The highest BCUT2D eigenvalue weighted by atomic mass is 32.2. The number of piperidine rings is 1. The summed E-state index contributed by atoms with van der Waals surface area (Å²) in [5, 5.41) is 0.504. The van der Waals surface area contributed by atoms with Crippen LogP contribution in [0.3, 0.4) is 0 Å². The lowest BCUT2D eigenvalue weighted by Gasteiger charge is -2.34. The number of nitrogens with zero attached hydrogens (tertiary/aromatic N) is 2. The first kappa shape index (κ1) is 19.7. The Labute approximate surface area is 166 Å². The lowest BCUT2D eigenvalue weighted by atomic mass is 9.98. The second-order valence-electron chi connectivity index (χ2n) is 7.38. The molecule has 4 rings (SSSR count). The Kier molecular flexibility index (Phi) is 4.98. The average Bonchev–Trinajstić information content (AvgIpc) is 2.69. The van der Waals surface area contributed by atoms with E-state index in [4.69, 9.17) is 0 Å². The molecule has 0 unspecified atom stereocenters. The van der Waals surface area contributed by atoms with Crippen LogP contribution >= 0.6 is 0 Å². The van der Waals surface area contributed by atoms with Gasteiger partial charge in [0.15, 0.2) is 11.6 Å². The molecule has 0 radical (unpaired) electrons.